The van der Waals surface area contributed by atoms with Crippen LogP contribution in [0.25, 0.3) is 11.0 Å². The molecular formula is C22H22N4O2S. The highest BCUT2D eigenvalue weighted by Crippen LogP contribution is 2.25. The van der Waals surface area contributed by atoms with Crippen LogP contribution in [-0.2, 0) is 17.2 Å². The highest BCUT2D eigenvalue weighted by molar-refractivity contribution is 7.98. The number of nitrogens with one attached hydrogen (secondary N) is 2. The van der Waals surface area contributed by atoms with E-state index in [1.807, 2.05) is 42.5 Å². The monoisotopic (exact) mass is 406 g/mol. The van der Waals surface area contributed by atoms with Crippen LogP contribution in [0.1, 0.15) is 11.1 Å². The summed E-state index contributed by atoms with van der Waals surface area (Å²) in [4.78, 5) is 13.5. The average molecular weight is 407 g/mol. The molecule has 0 amide bonds. The molecule has 7 heteroatoms. The predicted molar refractivity (Wildman–Crippen MR) is 118 cm³/mol. The van der Waals surface area contributed by atoms with Crippen LogP contribution in [0.3, 0.4) is 0 Å². The summed E-state index contributed by atoms with van der Waals surface area (Å²) in [5, 5.41) is 0.894. The number of nitrogen functional groups attached to an aromatic ring is 1. The van der Waals surface area contributed by atoms with Crippen molar-refractivity contribution in [3.05, 3.63) is 77.9 Å². The number of aromatic nitrogens is 2. The first-order chi connectivity index (χ1) is 14.2. The first kappa shape index (κ1) is 19.2. The smallest absolute Gasteiger partial charge is 0.166 e. The molecule has 29 heavy (non-hydrogen) atoms. The van der Waals surface area contributed by atoms with Crippen molar-refractivity contribution in [2.24, 2.45) is 0 Å². The van der Waals surface area contributed by atoms with Gasteiger partial charge in [-0.15, -0.1) is 0 Å². The van der Waals surface area contributed by atoms with Gasteiger partial charge >= 0.3 is 0 Å². The molecule has 0 fully saturated rings. The standard InChI is InChI=1S/C22H22N4O2S/c1-27-17-10-11-20-21(12-17)25-22(24-20)29-14-16-8-6-15(7-9-16)13-28-26-19-5-3-2-4-18(19)23/h2-12,26H,13-14,23H2,1H3,(H,24,25). The average Bonchev–Trinajstić information content (AvgIpc) is 3.16. The number of aromatic amines is 1. The number of imidazole rings is 1. The number of fused-ring (bicyclic) bond motifs is 1. The Labute approximate surface area is 173 Å². The summed E-state index contributed by atoms with van der Waals surface area (Å²) in [5.41, 5.74) is 14.4. The highest BCUT2D eigenvalue weighted by Gasteiger charge is 2.05. The van der Waals surface area contributed by atoms with Crippen LogP contribution < -0.4 is 16.0 Å². The molecule has 4 rings (SSSR count). The van der Waals surface area contributed by atoms with E-state index in [2.05, 4.69) is 39.7 Å². The minimum absolute atomic E-state index is 0.452. The number of thioether (sulfide) groups is 1. The summed E-state index contributed by atoms with van der Waals surface area (Å²) in [5.74, 6) is 1.65. The Kier molecular flexibility index (Phi) is 5.88. The van der Waals surface area contributed by atoms with Gasteiger partial charge in [0.05, 0.1) is 36.1 Å². The molecule has 6 nitrogen and oxygen atoms in total. The lowest BCUT2D eigenvalue weighted by atomic mass is 10.2. The topological polar surface area (TPSA) is 85.2 Å². The fraction of sp³-hybridized carbons (Fsp3) is 0.136. The van der Waals surface area contributed by atoms with Gasteiger partial charge in [0.15, 0.2) is 5.16 Å². The molecule has 0 saturated heterocycles. The molecule has 148 valence electrons. The predicted octanol–water partition coefficient (Wildman–Crippen LogP) is 4.99. The summed E-state index contributed by atoms with van der Waals surface area (Å²) >= 11 is 1.67. The molecule has 1 heterocycles. The molecule has 0 aliphatic rings. The van der Waals surface area contributed by atoms with Gasteiger partial charge < -0.3 is 15.5 Å². The Bertz CT molecular complexity index is 1100. The maximum atomic E-state index is 5.88. The zero-order valence-corrected chi connectivity index (χ0v) is 16.8. The van der Waals surface area contributed by atoms with Crippen molar-refractivity contribution in [1.29, 1.82) is 0 Å². The van der Waals surface area contributed by atoms with Crippen LogP contribution in [0.2, 0.25) is 0 Å². The van der Waals surface area contributed by atoms with Crippen molar-refractivity contribution in [2.75, 3.05) is 18.3 Å². The summed E-state index contributed by atoms with van der Waals surface area (Å²) in [6.07, 6.45) is 0. The number of rotatable bonds is 8. The summed E-state index contributed by atoms with van der Waals surface area (Å²) in [7, 11) is 1.66. The van der Waals surface area contributed by atoms with Crippen molar-refractivity contribution in [3.63, 3.8) is 0 Å². The second-order valence-electron chi connectivity index (χ2n) is 6.51. The van der Waals surface area contributed by atoms with Gasteiger partial charge in [-0.05, 0) is 35.4 Å². The Hall–Kier alpha value is -3.16. The lowest BCUT2D eigenvalue weighted by Crippen LogP contribution is -2.03. The van der Waals surface area contributed by atoms with E-state index in [-0.39, 0.29) is 0 Å². The molecule has 0 aliphatic heterocycles. The van der Waals surface area contributed by atoms with E-state index >= 15 is 0 Å². The van der Waals surface area contributed by atoms with Gasteiger partial charge in [0, 0.05) is 11.8 Å². The number of H-pyrrole nitrogens is 1. The van der Waals surface area contributed by atoms with Gasteiger partial charge in [-0.3, -0.25) is 10.3 Å². The van der Waals surface area contributed by atoms with E-state index in [1.54, 1.807) is 18.9 Å². The molecular weight excluding hydrogens is 384 g/mol. The van der Waals surface area contributed by atoms with Crippen LogP contribution >= 0.6 is 11.8 Å². The number of nitrogens with two attached hydrogens (primary N) is 1. The summed E-state index contributed by atoms with van der Waals surface area (Å²) < 4.78 is 5.26. The van der Waals surface area contributed by atoms with E-state index in [1.165, 1.54) is 5.56 Å². The normalized spacial score (nSPS) is 10.9. The number of ether oxygens (including phenoxy) is 1. The molecule has 1 aromatic heterocycles. The van der Waals surface area contributed by atoms with Crippen molar-refractivity contribution >= 4 is 34.2 Å². The first-order valence-electron chi connectivity index (χ1n) is 9.18. The molecule has 0 unspecified atom stereocenters. The fourth-order valence-electron chi connectivity index (χ4n) is 2.83. The van der Waals surface area contributed by atoms with Crippen LogP contribution in [0.15, 0.2) is 71.9 Å². The maximum absolute atomic E-state index is 5.88. The van der Waals surface area contributed by atoms with E-state index in [4.69, 9.17) is 15.3 Å². The lowest BCUT2D eigenvalue weighted by Gasteiger charge is -2.09. The number of hydrogen-bond acceptors (Lipinski definition) is 6. The third-order valence-corrected chi connectivity index (χ3v) is 5.39. The quantitative estimate of drug-likeness (QED) is 0.217. The molecule has 0 bridgehead atoms. The molecule has 0 spiro atoms. The van der Waals surface area contributed by atoms with Crippen molar-refractivity contribution in [2.45, 2.75) is 17.5 Å². The second-order valence-corrected chi connectivity index (χ2v) is 7.47. The summed E-state index contributed by atoms with van der Waals surface area (Å²) in [6.45, 7) is 0.452. The second kappa shape index (κ2) is 8.89. The Morgan fingerprint density at radius 3 is 2.62 bits per heavy atom. The van der Waals surface area contributed by atoms with Crippen molar-refractivity contribution < 1.29 is 9.57 Å². The number of hydrogen-bond donors (Lipinski definition) is 3. The van der Waals surface area contributed by atoms with E-state index < -0.39 is 0 Å². The molecule has 4 N–H and O–H groups in total. The Morgan fingerprint density at radius 2 is 1.83 bits per heavy atom. The van der Waals surface area contributed by atoms with Gasteiger partial charge in [0.1, 0.15) is 5.75 Å². The molecule has 0 aliphatic carbocycles. The third kappa shape index (κ3) is 4.82. The van der Waals surface area contributed by atoms with Crippen LogP contribution in [0.4, 0.5) is 11.4 Å². The van der Waals surface area contributed by atoms with Crippen LogP contribution in [0, 0.1) is 0 Å². The number of benzene rings is 3. The molecule has 0 radical (unpaired) electrons. The van der Waals surface area contributed by atoms with Crippen LogP contribution in [0.5, 0.6) is 5.75 Å². The summed E-state index contributed by atoms with van der Waals surface area (Å²) in [6, 6.07) is 21.7. The van der Waals surface area contributed by atoms with Gasteiger partial charge in [0.25, 0.3) is 0 Å². The van der Waals surface area contributed by atoms with Gasteiger partial charge in [-0.2, -0.15) is 0 Å². The molecule has 4 aromatic rings. The lowest BCUT2D eigenvalue weighted by molar-refractivity contribution is 0.180. The maximum Gasteiger partial charge on any atom is 0.166 e. The number of methoxy groups -OCH3 is 1. The minimum Gasteiger partial charge on any atom is -0.497 e. The number of para-hydroxylation sites is 2. The Balaban J connectivity index is 1.29. The largest absolute Gasteiger partial charge is 0.497 e. The third-order valence-electron chi connectivity index (χ3n) is 4.45. The number of nitrogens with zero attached hydrogens (tertiary/aromatic N) is 1. The first-order valence-corrected chi connectivity index (χ1v) is 10.2. The van der Waals surface area contributed by atoms with Gasteiger partial charge in [-0.1, -0.05) is 48.2 Å². The van der Waals surface area contributed by atoms with E-state index in [0.29, 0.717) is 12.3 Å². The molecule has 0 saturated carbocycles. The molecule has 3 aromatic carbocycles. The fourth-order valence-corrected chi connectivity index (χ4v) is 3.67. The van der Waals surface area contributed by atoms with Gasteiger partial charge in [0.2, 0.25) is 0 Å². The number of anilines is 2. The van der Waals surface area contributed by atoms with Crippen molar-refractivity contribution in [1.82, 2.24) is 9.97 Å². The van der Waals surface area contributed by atoms with Crippen molar-refractivity contribution in [3.8, 4) is 5.75 Å². The zero-order chi connectivity index (χ0) is 20.1. The SMILES string of the molecule is COc1ccc2nc(SCc3ccc(CONc4ccccc4N)cc3)[nH]c2c1. The minimum atomic E-state index is 0.452. The van der Waals surface area contributed by atoms with Gasteiger partial charge in [-0.25, -0.2) is 4.98 Å². The zero-order valence-electron chi connectivity index (χ0n) is 16.0. The van der Waals surface area contributed by atoms with E-state index in [0.717, 1.165) is 38.9 Å². The Morgan fingerprint density at radius 1 is 1.03 bits per heavy atom. The van der Waals surface area contributed by atoms with E-state index in [9.17, 15) is 0 Å². The highest BCUT2D eigenvalue weighted by atomic mass is 32.2. The van der Waals surface area contributed by atoms with Crippen LogP contribution in [-0.4, -0.2) is 17.1 Å². The molecule has 0 atom stereocenters.